The van der Waals surface area contributed by atoms with Crippen LogP contribution in [0.4, 0.5) is 0 Å². The summed E-state index contributed by atoms with van der Waals surface area (Å²) in [6.07, 6.45) is 4.33. The van der Waals surface area contributed by atoms with Crippen molar-refractivity contribution in [3.63, 3.8) is 0 Å². The highest BCUT2D eigenvalue weighted by Gasteiger charge is 2.29. The first kappa shape index (κ1) is 11.4. The second-order valence-electron chi connectivity index (χ2n) is 4.26. The molecule has 1 aliphatic rings. The number of imide groups is 1. The van der Waals surface area contributed by atoms with E-state index in [0.29, 0.717) is 12.8 Å². The normalized spacial score (nSPS) is 20.2. The van der Waals surface area contributed by atoms with Crippen LogP contribution in [0.3, 0.4) is 0 Å². The number of pyridine rings is 1. The maximum absolute atomic E-state index is 11.9. The van der Waals surface area contributed by atoms with Gasteiger partial charge in [-0.1, -0.05) is 0 Å². The zero-order valence-electron chi connectivity index (χ0n) is 9.39. The predicted molar refractivity (Wildman–Crippen MR) is 68.0 cm³/mol. The molecule has 18 heavy (non-hydrogen) atoms. The van der Waals surface area contributed by atoms with Crippen LogP contribution in [0.15, 0.2) is 29.1 Å². The quantitative estimate of drug-likeness (QED) is 0.814. The monoisotopic (exact) mass is 307 g/mol. The van der Waals surface area contributed by atoms with E-state index in [4.69, 9.17) is 0 Å². The Balaban J connectivity index is 2.09. The third kappa shape index (κ3) is 1.73. The van der Waals surface area contributed by atoms with Crippen molar-refractivity contribution in [2.75, 3.05) is 0 Å². The summed E-state index contributed by atoms with van der Waals surface area (Å²) in [4.78, 5) is 27.1. The van der Waals surface area contributed by atoms with E-state index >= 15 is 0 Å². The predicted octanol–water partition coefficient (Wildman–Crippen LogP) is 1.62. The lowest BCUT2D eigenvalue weighted by atomic mass is 9.94. The molecule has 0 spiro atoms. The number of imidazole rings is 1. The minimum absolute atomic E-state index is 0.199. The number of nitrogens with one attached hydrogen (secondary N) is 1. The van der Waals surface area contributed by atoms with Crippen LogP contribution in [-0.2, 0) is 9.59 Å². The number of amides is 2. The largest absolute Gasteiger partial charge is 0.301 e. The van der Waals surface area contributed by atoms with Crippen molar-refractivity contribution in [3.8, 4) is 0 Å². The van der Waals surface area contributed by atoms with Crippen molar-refractivity contribution in [1.82, 2.24) is 14.7 Å². The average Bonchev–Trinajstić information content (AvgIpc) is 2.81. The van der Waals surface area contributed by atoms with Gasteiger partial charge in [0.05, 0.1) is 24.0 Å². The summed E-state index contributed by atoms with van der Waals surface area (Å²) in [6, 6.07) is 3.79. The Morgan fingerprint density at radius 2 is 2.22 bits per heavy atom. The average molecular weight is 308 g/mol. The zero-order chi connectivity index (χ0) is 12.7. The van der Waals surface area contributed by atoms with Crippen molar-refractivity contribution < 1.29 is 9.59 Å². The van der Waals surface area contributed by atoms with E-state index in [9.17, 15) is 9.59 Å². The molecule has 1 fully saturated rings. The molecule has 3 rings (SSSR count). The molecule has 1 saturated heterocycles. The molecular weight excluding hydrogens is 298 g/mol. The maximum Gasteiger partial charge on any atom is 0.235 e. The molecule has 0 bridgehead atoms. The number of aromatic nitrogens is 2. The highest BCUT2D eigenvalue weighted by molar-refractivity contribution is 9.10. The molecule has 1 N–H and O–H groups in total. The molecule has 0 aromatic carbocycles. The molecule has 1 aliphatic heterocycles. The number of nitrogens with zero attached hydrogens (tertiary/aromatic N) is 2. The first-order valence-electron chi connectivity index (χ1n) is 5.61. The van der Waals surface area contributed by atoms with Crippen LogP contribution in [0, 0.1) is 0 Å². The van der Waals surface area contributed by atoms with Crippen LogP contribution >= 0.6 is 15.9 Å². The van der Waals surface area contributed by atoms with E-state index in [2.05, 4.69) is 26.2 Å². The number of carbonyl (C=O) groups excluding carboxylic acids is 2. The minimum atomic E-state index is -0.299. The second-order valence-corrected chi connectivity index (χ2v) is 5.11. The Kier molecular flexibility index (Phi) is 2.66. The lowest BCUT2D eigenvalue weighted by Crippen LogP contribution is -2.40. The lowest BCUT2D eigenvalue weighted by Gasteiger charge is -2.22. The fourth-order valence-electron chi connectivity index (χ4n) is 2.26. The third-order valence-electron chi connectivity index (χ3n) is 3.16. The third-order valence-corrected chi connectivity index (χ3v) is 3.83. The number of rotatable bonds is 1. The van der Waals surface area contributed by atoms with Crippen molar-refractivity contribution in [3.05, 3.63) is 34.8 Å². The van der Waals surface area contributed by atoms with Crippen molar-refractivity contribution in [1.29, 1.82) is 0 Å². The van der Waals surface area contributed by atoms with E-state index in [1.165, 1.54) is 0 Å². The smallest absolute Gasteiger partial charge is 0.235 e. The van der Waals surface area contributed by atoms with Gasteiger partial charge in [0, 0.05) is 16.6 Å². The fourth-order valence-corrected chi connectivity index (χ4v) is 2.69. The number of hydrogen-bond donors (Lipinski definition) is 1. The Morgan fingerprint density at radius 1 is 1.39 bits per heavy atom. The zero-order valence-corrected chi connectivity index (χ0v) is 11.0. The van der Waals surface area contributed by atoms with E-state index in [0.717, 1.165) is 15.7 Å². The van der Waals surface area contributed by atoms with Gasteiger partial charge >= 0.3 is 0 Å². The first-order chi connectivity index (χ1) is 8.66. The van der Waals surface area contributed by atoms with Crippen LogP contribution < -0.4 is 5.32 Å². The summed E-state index contributed by atoms with van der Waals surface area (Å²) in [7, 11) is 0. The topological polar surface area (TPSA) is 63.5 Å². The molecule has 1 unspecified atom stereocenters. The van der Waals surface area contributed by atoms with Gasteiger partial charge in [0.2, 0.25) is 11.8 Å². The second kappa shape index (κ2) is 4.20. The number of hydrogen-bond acceptors (Lipinski definition) is 3. The Labute approximate surface area is 111 Å². The number of carbonyl (C=O) groups is 2. The van der Waals surface area contributed by atoms with Crippen LogP contribution in [0.1, 0.15) is 24.5 Å². The van der Waals surface area contributed by atoms with Crippen LogP contribution in [0.5, 0.6) is 0 Å². The standard InChI is InChI=1S/C12H10BrN3O2/c13-8-2-3-9(16-6-14-5-10(8)16)7-1-4-11(17)15-12(7)18/h2-3,5-7H,1,4H2,(H,15,17,18). The Morgan fingerprint density at radius 3 is 3.00 bits per heavy atom. The van der Waals surface area contributed by atoms with Gasteiger partial charge in [-0.25, -0.2) is 4.98 Å². The highest BCUT2D eigenvalue weighted by Crippen LogP contribution is 2.28. The Hall–Kier alpha value is -1.69. The van der Waals surface area contributed by atoms with Gasteiger partial charge in [-0.2, -0.15) is 0 Å². The summed E-state index contributed by atoms with van der Waals surface area (Å²) in [5, 5.41) is 2.38. The summed E-state index contributed by atoms with van der Waals surface area (Å²) < 4.78 is 2.81. The summed E-state index contributed by atoms with van der Waals surface area (Å²) >= 11 is 3.44. The number of fused-ring (bicyclic) bond motifs is 1. The van der Waals surface area contributed by atoms with Crippen molar-refractivity contribution in [2.24, 2.45) is 0 Å². The summed E-state index contributed by atoms with van der Waals surface area (Å²) in [5.74, 6) is -0.730. The molecule has 2 amide bonds. The van der Waals surface area contributed by atoms with Gasteiger partial charge in [0.15, 0.2) is 0 Å². The molecule has 5 nitrogen and oxygen atoms in total. The van der Waals surface area contributed by atoms with Crippen molar-refractivity contribution >= 4 is 33.3 Å². The molecular formula is C12H10BrN3O2. The van der Waals surface area contributed by atoms with Gasteiger partial charge in [-0.3, -0.25) is 14.9 Å². The van der Waals surface area contributed by atoms with E-state index < -0.39 is 0 Å². The van der Waals surface area contributed by atoms with Gasteiger partial charge in [-0.15, -0.1) is 0 Å². The minimum Gasteiger partial charge on any atom is -0.301 e. The SMILES string of the molecule is O=C1CCC(c2ccc(Br)c3cncn23)C(=O)N1. The molecule has 0 saturated carbocycles. The number of halogens is 1. The molecule has 6 heteroatoms. The molecule has 1 atom stereocenters. The van der Waals surface area contributed by atoms with Crippen molar-refractivity contribution in [2.45, 2.75) is 18.8 Å². The van der Waals surface area contributed by atoms with Gasteiger partial charge < -0.3 is 4.40 Å². The molecule has 3 heterocycles. The van der Waals surface area contributed by atoms with E-state index in [-0.39, 0.29) is 17.7 Å². The summed E-state index contributed by atoms with van der Waals surface area (Å²) in [6.45, 7) is 0. The summed E-state index contributed by atoms with van der Waals surface area (Å²) in [5.41, 5.74) is 1.77. The van der Waals surface area contributed by atoms with Crippen LogP contribution in [0.25, 0.3) is 5.52 Å². The molecule has 2 aromatic heterocycles. The fraction of sp³-hybridized carbons (Fsp3) is 0.250. The molecule has 0 aliphatic carbocycles. The van der Waals surface area contributed by atoms with Crippen LogP contribution in [-0.4, -0.2) is 21.2 Å². The van der Waals surface area contributed by atoms with Crippen LogP contribution in [0.2, 0.25) is 0 Å². The van der Waals surface area contributed by atoms with E-state index in [1.807, 2.05) is 16.5 Å². The highest BCUT2D eigenvalue weighted by atomic mass is 79.9. The maximum atomic E-state index is 11.9. The first-order valence-corrected chi connectivity index (χ1v) is 6.40. The van der Waals surface area contributed by atoms with E-state index in [1.54, 1.807) is 12.5 Å². The van der Waals surface area contributed by atoms with Gasteiger partial charge in [0.25, 0.3) is 0 Å². The molecule has 2 aromatic rings. The van der Waals surface area contributed by atoms with Gasteiger partial charge in [-0.05, 0) is 34.5 Å². The van der Waals surface area contributed by atoms with Gasteiger partial charge in [0.1, 0.15) is 0 Å². The molecule has 92 valence electrons. The molecule has 0 radical (unpaired) electrons. The lowest BCUT2D eigenvalue weighted by molar-refractivity contribution is -0.134. The Bertz CT molecular complexity index is 650. The number of piperidine rings is 1.